The average Bonchev–Trinajstić information content (AvgIpc) is 2.56. The van der Waals surface area contributed by atoms with Gasteiger partial charge in [-0.25, -0.2) is 0 Å². The minimum absolute atomic E-state index is 0.202. The van der Waals surface area contributed by atoms with E-state index < -0.39 is 0 Å². The van der Waals surface area contributed by atoms with Gasteiger partial charge in [-0.3, -0.25) is 0 Å². The summed E-state index contributed by atoms with van der Waals surface area (Å²) in [7, 11) is 0. The molecule has 0 fully saturated rings. The molecule has 0 bridgehead atoms. The minimum Gasteiger partial charge on any atom is -0.325 e. The van der Waals surface area contributed by atoms with Crippen molar-refractivity contribution in [2.75, 3.05) is 4.90 Å². The Morgan fingerprint density at radius 3 is 2.24 bits per heavy atom. The average molecular weight is 274 g/mol. The minimum atomic E-state index is 0.202. The van der Waals surface area contributed by atoms with Crippen LogP contribution >= 0.6 is 0 Å². The van der Waals surface area contributed by atoms with Crippen molar-refractivity contribution in [3.63, 3.8) is 0 Å². The Bertz CT molecular complexity index is 668. The molecule has 0 spiro atoms. The van der Waals surface area contributed by atoms with Gasteiger partial charge in [0.25, 0.3) is 0 Å². The van der Waals surface area contributed by atoms with E-state index in [1.165, 1.54) is 5.56 Å². The second-order valence-corrected chi connectivity index (χ2v) is 5.48. The molecule has 0 radical (unpaired) electrons. The van der Waals surface area contributed by atoms with Crippen LogP contribution in [0.3, 0.4) is 0 Å². The van der Waals surface area contributed by atoms with E-state index in [2.05, 4.69) is 60.4 Å². The molecule has 0 saturated heterocycles. The zero-order valence-electron chi connectivity index (χ0n) is 12.1. The number of hydrogen-bond donors (Lipinski definition) is 0. The number of hydrogen-bond acceptors (Lipinski definition) is 2. The predicted molar refractivity (Wildman–Crippen MR) is 85.6 cm³/mol. The fourth-order valence-corrected chi connectivity index (χ4v) is 3.04. The molecule has 2 heteroatoms. The molecule has 3 rings (SSSR count). The van der Waals surface area contributed by atoms with Crippen molar-refractivity contribution in [3.05, 3.63) is 78.0 Å². The number of allylic oxidation sites excluding steroid dienone is 2. The summed E-state index contributed by atoms with van der Waals surface area (Å²) >= 11 is 0. The molecule has 2 nitrogen and oxygen atoms in total. The maximum absolute atomic E-state index is 9.51. The quantitative estimate of drug-likeness (QED) is 0.795. The fraction of sp³-hybridized carbons (Fsp3) is 0.211. The summed E-state index contributed by atoms with van der Waals surface area (Å²) < 4.78 is 0. The highest BCUT2D eigenvalue weighted by Gasteiger charge is 2.31. The van der Waals surface area contributed by atoms with E-state index in [1.807, 2.05) is 24.3 Å². The first-order valence-corrected chi connectivity index (χ1v) is 7.30. The summed E-state index contributed by atoms with van der Waals surface area (Å²) in [6.45, 7) is 2.25. The summed E-state index contributed by atoms with van der Waals surface area (Å²) in [4.78, 5) is 2.17. The van der Waals surface area contributed by atoms with Gasteiger partial charge in [-0.2, -0.15) is 5.26 Å². The van der Waals surface area contributed by atoms with Crippen molar-refractivity contribution in [2.45, 2.75) is 19.4 Å². The van der Waals surface area contributed by atoms with Gasteiger partial charge in [0.15, 0.2) is 0 Å². The lowest BCUT2D eigenvalue weighted by molar-refractivity contribution is 0.442. The Kier molecular flexibility index (Phi) is 3.75. The van der Waals surface area contributed by atoms with Crippen LogP contribution < -0.4 is 4.90 Å². The molecular weight excluding hydrogens is 256 g/mol. The van der Waals surface area contributed by atoms with Crippen LogP contribution in [0.15, 0.2) is 72.4 Å². The van der Waals surface area contributed by atoms with Gasteiger partial charge in [-0.1, -0.05) is 55.5 Å². The van der Waals surface area contributed by atoms with Crippen LogP contribution in [0.25, 0.3) is 0 Å². The van der Waals surface area contributed by atoms with Gasteiger partial charge in [0.1, 0.15) is 11.8 Å². The number of benzene rings is 2. The molecule has 1 heterocycles. The molecule has 2 aromatic rings. The number of anilines is 1. The molecule has 0 amide bonds. The zero-order chi connectivity index (χ0) is 14.7. The SMILES string of the molecule is C[C@@H]1CC=C(C#N)N(c2ccccc2)[C@@H]1c1ccccc1. The van der Waals surface area contributed by atoms with E-state index in [0.717, 1.165) is 17.8 Å². The van der Waals surface area contributed by atoms with E-state index in [9.17, 15) is 5.26 Å². The van der Waals surface area contributed by atoms with Gasteiger partial charge in [0.05, 0.1) is 6.04 Å². The number of para-hydroxylation sites is 1. The molecule has 104 valence electrons. The van der Waals surface area contributed by atoms with Crippen molar-refractivity contribution in [3.8, 4) is 6.07 Å². The molecule has 0 N–H and O–H groups in total. The Hall–Kier alpha value is -2.53. The number of nitrogens with zero attached hydrogens (tertiary/aromatic N) is 2. The molecule has 1 aliphatic rings. The van der Waals surface area contributed by atoms with Crippen LogP contribution in [0.2, 0.25) is 0 Å². The molecular formula is C19H18N2. The Labute approximate surface area is 126 Å². The highest BCUT2D eigenvalue weighted by Crippen LogP contribution is 2.40. The van der Waals surface area contributed by atoms with Crippen molar-refractivity contribution < 1.29 is 0 Å². The van der Waals surface area contributed by atoms with Crippen molar-refractivity contribution >= 4 is 5.69 Å². The highest BCUT2D eigenvalue weighted by molar-refractivity contribution is 5.59. The van der Waals surface area contributed by atoms with Crippen LogP contribution in [0.4, 0.5) is 5.69 Å². The van der Waals surface area contributed by atoms with E-state index in [0.29, 0.717) is 5.92 Å². The summed E-state index contributed by atoms with van der Waals surface area (Å²) in [5.41, 5.74) is 3.08. The summed E-state index contributed by atoms with van der Waals surface area (Å²) in [6, 6.07) is 23.2. The van der Waals surface area contributed by atoms with E-state index >= 15 is 0 Å². The largest absolute Gasteiger partial charge is 0.325 e. The lowest BCUT2D eigenvalue weighted by Gasteiger charge is -2.40. The molecule has 2 aromatic carbocycles. The van der Waals surface area contributed by atoms with E-state index in [4.69, 9.17) is 0 Å². The lowest BCUT2D eigenvalue weighted by Crippen LogP contribution is -2.35. The lowest BCUT2D eigenvalue weighted by atomic mass is 9.86. The second kappa shape index (κ2) is 5.85. The van der Waals surface area contributed by atoms with Crippen molar-refractivity contribution in [1.29, 1.82) is 5.26 Å². The Balaban J connectivity index is 2.11. The fourth-order valence-electron chi connectivity index (χ4n) is 3.04. The summed E-state index contributed by atoms with van der Waals surface area (Å²) in [5.74, 6) is 0.463. The van der Waals surface area contributed by atoms with Gasteiger partial charge in [0.2, 0.25) is 0 Å². The third kappa shape index (κ3) is 2.55. The third-order valence-electron chi connectivity index (χ3n) is 4.05. The van der Waals surface area contributed by atoms with Crippen LogP contribution in [0, 0.1) is 17.2 Å². The summed E-state index contributed by atoms with van der Waals surface area (Å²) in [5, 5.41) is 9.51. The van der Waals surface area contributed by atoms with Crippen LogP contribution in [0.1, 0.15) is 24.9 Å². The molecule has 0 aromatic heterocycles. The molecule has 0 unspecified atom stereocenters. The van der Waals surface area contributed by atoms with E-state index in [1.54, 1.807) is 0 Å². The topological polar surface area (TPSA) is 27.0 Å². The Morgan fingerprint density at radius 2 is 1.62 bits per heavy atom. The Morgan fingerprint density at radius 1 is 1.00 bits per heavy atom. The standard InChI is InChI=1S/C19H18N2/c1-15-12-13-18(14-20)21(17-10-6-3-7-11-17)19(15)16-8-4-2-5-9-16/h2-11,13,15,19H,12H2,1H3/t15-,19+/m1/s1. The molecule has 2 atom stereocenters. The molecule has 1 aliphatic heterocycles. The van der Waals surface area contributed by atoms with Gasteiger partial charge in [-0.15, -0.1) is 0 Å². The predicted octanol–water partition coefficient (Wildman–Crippen LogP) is 4.68. The maximum Gasteiger partial charge on any atom is 0.117 e. The third-order valence-corrected chi connectivity index (χ3v) is 4.05. The van der Waals surface area contributed by atoms with Gasteiger partial charge < -0.3 is 4.90 Å². The summed E-state index contributed by atoms with van der Waals surface area (Å²) in [6.07, 6.45) is 2.99. The molecule has 0 aliphatic carbocycles. The van der Waals surface area contributed by atoms with E-state index in [-0.39, 0.29) is 6.04 Å². The van der Waals surface area contributed by atoms with Gasteiger partial charge >= 0.3 is 0 Å². The molecule has 21 heavy (non-hydrogen) atoms. The first-order chi connectivity index (χ1) is 10.3. The van der Waals surface area contributed by atoms with Gasteiger partial charge in [0, 0.05) is 5.69 Å². The van der Waals surface area contributed by atoms with Crippen LogP contribution in [0.5, 0.6) is 0 Å². The smallest absolute Gasteiger partial charge is 0.117 e. The number of nitriles is 1. The van der Waals surface area contributed by atoms with Crippen LogP contribution in [-0.4, -0.2) is 0 Å². The van der Waals surface area contributed by atoms with Gasteiger partial charge in [-0.05, 0) is 36.1 Å². The van der Waals surface area contributed by atoms with Crippen molar-refractivity contribution in [2.24, 2.45) is 5.92 Å². The van der Waals surface area contributed by atoms with Crippen LogP contribution in [-0.2, 0) is 0 Å². The zero-order valence-corrected chi connectivity index (χ0v) is 12.1. The second-order valence-electron chi connectivity index (χ2n) is 5.48. The van der Waals surface area contributed by atoms with Crippen molar-refractivity contribution in [1.82, 2.24) is 0 Å². The highest BCUT2D eigenvalue weighted by atomic mass is 15.2. The number of rotatable bonds is 2. The first kappa shape index (κ1) is 13.5. The monoisotopic (exact) mass is 274 g/mol. The molecule has 0 saturated carbocycles. The normalized spacial score (nSPS) is 21.5. The first-order valence-electron chi connectivity index (χ1n) is 7.30. The maximum atomic E-state index is 9.51.